The zero-order chi connectivity index (χ0) is 34.2. The van der Waals surface area contributed by atoms with Crippen LogP contribution in [-0.4, -0.2) is 96.1 Å². The van der Waals surface area contributed by atoms with Crippen molar-refractivity contribution in [2.45, 2.75) is 76.2 Å². The number of hydrogen-bond donors (Lipinski definition) is 5. The molecule has 7 N–H and O–H groups in total. The van der Waals surface area contributed by atoms with Gasteiger partial charge in [0.2, 0.25) is 11.8 Å². The van der Waals surface area contributed by atoms with Crippen molar-refractivity contribution < 1.29 is 38.3 Å². The van der Waals surface area contributed by atoms with Gasteiger partial charge in [-0.1, -0.05) is 30.3 Å². The van der Waals surface area contributed by atoms with Gasteiger partial charge in [-0.3, -0.25) is 19.2 Å². The average molecular weight is 640 g/mol. The van der Waals surface area contributed by atoms with Crippen molar-refractivity contribution in [3.05, 3.63) is 60.2 Å². The third-order valence-electron chi connectivity index (χ3n) is 8.48. The van der Waals surface area contributed by atoms with Crippen LogP contribution < -0.4 is 31.7 Å². The van der Waals surface area contributed by atoms with Crippen LogP contribution in [0, 0.1) is 0 Å². The van der Waals surface area contributed by atoms with E-state index >= 15 is 0 Å². The van der Waals surface area contributed by atoms with E-state index in [1.807, 2.05) is 31.1 Å². The lowest BCUT2D eigenvalue weighted by atomic mass is 9.93. The van der Waals surface area contributed by atoms with Crippen LogP contribution in [-0.2, 0) is 30.4 Å². The summed E-state index contributed by atoms with van der Waals surface area (Å²) in [5, 5.41) is 16.8. The minimum absolute atomic E-state index is 0.0359. The third-order valence-corrected chi connectivity index (χ3v) is 8.48. The number of likely N-dealkylation sites (tertiary alicyclic amines) is 1. The summed E-state index contributed by atoms with van der Waals surface area (Å²) in [7, 11) is 3.78. The summed E-state index contributed by atoms with van der Waals surface area (Å²) in [5.74, 6) is -3.24. The molecule has 0 radical (unpaired) electrons. The fourth-order valence-electron chi connectivity index (χ4n) is 6.10. The molecule has 13 nitrogen and oxygen atoms in total. The van der Waals surface area contributed by atoms with Gasteiger partial charge >= 0.3 is 5.91 Å². The number of carbonyl (C=O) groups is 5. The Balaban J connectivity index is 1.84. The molecule has 0 spiro atoms. The van der Waals surface area contributed by atoms with E-state index in [9.17, 15) is 29.1 Å². The van der Waals surface area contributed by atoms with Crippen molar-refractivity contribution >= 4 is 35.2 Å². The van der Waals surface area contributed by atoms with Crippen LogP contribution in [0.3, 0.4) is 0 Å². The average Bonchev–Trinajstić information content (AvgIpc) is 3.46. The van der Waals surface area contributed by atoms with Crippen molar-refractivity contribution in [2.75, 3.05) is 32.1 Å². The number of rotatable bonds is 14. The molecule has 1 saturated heterocycles. The number of quaternary nitrogens is 1. The summed E-state index contributed by atoms with van der Waals surface area (Å²) in [6, 6.07) is 12.5. The summed E-state index contributed by atoms with van der Waals surface area (Å²) in [6.45, 7) is 5.26. The fourth-order valence-corrected chi connectivity index (χ4v) is 6.10. The first-order valence-corrected chi connectivity index (χ1v) is 15.3. The number of ether oxygens (including phenoxy) is 1. The van der Waals surface area contributed by atoms with Crippen LogP contribution in [0.2, 0.25) is 0 Å². The largest absolute Gasteiger partial charge is 0.484 e. The monoisotopic (exact) mass is 639 g/mol. The van der Waals surface area contributed by atoms with Crippen molar-refractivity contribution in [1.82, 2.24) is 10.6 Å². The summed E-state index contributed by atoms with van der Waals surface area (Å²) in [6.07, 6.45) is -1.33. The first-order chi connectivity index (χ1) is 21.6. The second-order valence-corrected chi connectivity index (χ2v) is 12.9. The number of aliphatic hydroxyl groups is 1. The molecule has 250 valence electrons. The highest BCUT2D eigenvalue weighted by atomic mass is 16.5. The molecule has 13 heteroatoms. The zero-order valence-corrected chi connectivity index (χ0v) is 27.2. The number of anilines is 1. The van der Waals surface area contributed by atoms with Crippen molar-refractivity contribution in [2.24, 2.45) is 11.5 Å². The minimum Gasteiger partial charge on any atom is -0.484 e. The second-order valence-electron chi connectivity index (χ2n) is 12.9. The topological polar surface area (TPSA) is 194 Å². The fraction of sp³-hybridized carbons (Fsp3) is 0.485. The van der Waals surface area contributed by atoms with Crippen LogP contribution >= 0.6 is 0 Å². The molecule has 0 aliphatic carbocycles. The van der Waals surface area contributed by atoms with Gasteiger partial charge in [-0.15, -0.1) is 0 Å². The molecule has 3 rings (SSSR count). The van der Waals surface area contributed by atoms with Gasteiger partial charge in [-0.25, -0.2) is 9.28 Å². The number of nitrogens with one attached hydrogen (secondary N) is 2. The first kappa shape index (κ1) is 36.0. The summed E-state index contributed by atoms with van der Waals surface area (Å²) >= 11 is 0. The SMILES string of the molecule is CN(C)c1ccc(OCC(=O)N[C@@H](CC(N)=O)C(=O)N[C@@H](Cc2ccccc2)[C@H](O)C(=O)[N+]2(C(C)(C)C)CCC[C@H]2C(N)=O)cc1. The van der Waals surface area contributed by atoms with Crippen molar-refractivity contribution in [3.63, 3.8) is 0 Å². The summed E-state index contributed by atoms with van der Waals surface area (Å²) < 4.78 is 5.17. The molecule has 1 unspecified atom stereocenters. The van der Waals surface area contributed by atoms with Gasteiger partial charge in [-0.2, -0.15) is 0 Å². The lowest BCUT2D eigenvalue weighted by Gasteiger charge is -2.47. The Morgan fingerprint density at radius 1 is 1.00 bits per heavy atom. The number of amides is 5. The van der Waals surface area contributed by atoms with Gasteiger partial charge in [-0.05, 0) is 57.0 Å². The van der Waals surface area contributed by atoms with E-state index in [-0.39, 0.29) is 17.4 Å². The van der Waals surface area contributed by atoms with E-state index in [4.69, 9.17) is 16.2 Å². The molecule has 5 atom stereocenters. The number of carbonyl (C=O) groups excluding carboxylic acids is 5. The third kappa shape index (κ3) is 8.61. The normalized spacial score (nSPS) is 19.7. The number of nitrogens with zero attached hydrogens (tertiary/aromatic N) is 2. The number of nitrogens with two attached hydrogens (primary N) is 2. The van der Waals surface area contributed by atoms with Gasteiger partial charge in [0.05, 0.1) is 24.5 Å². The Hall–Kier alpha value is -4.49. The molecule has 1 aliphatic heterocycles. The van der Waals surface area contributed by atoms with Gasteiger partial charge in [0.25, 0.3) is 11.8 Å². The quantitative estimate of drug-likeness (QED) is 0.183. The van der Waals surface area contributed by atoms with E-state index in [0.29, 0.717) is 24.2 Å². The van der Waals surface area contributed by atoms with Crippen LogP contribution in [0.1, 0.15) is 45.6 Å². The van der Waals surface area contributed by atoms with Crippen LogP contribution in [0.15, 0.2) is 54.6 Å². The van der Waals surface area contributed by atoms with E-state index in [2.05, 4.69) is 10.6 Å². The number of primary amides is 2. The molecule has 46 heavy (non-hydrogen) atoms. The predicted molar refractivity (Wildman–Crippen MR) is 172 cm³/mol. The molecule has 0 saturated carbocycles. The van der Waals surface area contributed by atoms with E-state index in [1.54, 1.807) is 63.2 Å². The maximum atomic E-state index is 14.2. The Labute approximate surface area is 269 Å². The minimum atomic E-state index is -1.76. The maximum Gasteiger partial charge on any atom is 0.345 e. The molecule has 1 fully saturated rings. The molecular formula is C33H47N6O7+. The highest BCUT2D eigenvalue weighted by molar-refractivity contribution is 5.92. The van der Waals surface area contributed by atoms with E-state index < -0.39 is 72.3 Å². The van der Waals surface area contributed by atoms with Crippen LogP contribution in [0.5, 0.6) is 5.75 Å². The van der Waals surface area contributed by atoms with E-state index in [0.717, 1.165) is 5.69 Å². The number of aliphatic hydroxyl groups excluding tert-OH is 1. The van der Waals surface area contributed by atoms with Crippen LogP contribution in [0.4, 0.5) is 5.69 Å². The molecule has 1 aliphatic rings. The van der Waals surface area contributed by atoms with E-state index in [1.165, 1.54) is 0 Å². The van der Waals surface area contributed by atoms with Gasteiger partial charge in [0.1, 0.15) is 11.8 Å². The second kappa shape index (κ2) is 15.2. The molecule has 0 aromatic heterocycles. The van der Waals surface area contributed by atoms with Gasteiger partial charge in [0.15, 0.2) is 18.8 Å². The van der Waals surface area contributed by atoms with Crippen LogP contribution in [0.25, 0.3) is 0 Å². The Morgan fingerprint density at radius 3 is 2.17 bits per heavy atom. The Kier molecular flexibility index (Phi) is 11.9. The summed E-state index contributed by atoms with van der Waals surface area (Å²) in [5.41, 5.74) is 12.0. The standard InChI is InChI=1S/C33H46N6O7/c1-33(2,3)39(17-9-12-26(39)30(35)43)32(45)29(42)24(18-21-10-7-6-8-11-21)37-31(44)25(19-27(34)40)36-28(41)20-46-23-15-13-22(14-16-23)38(4)5/h6-8,10-11,13-16,24-26,29,42H,9,12,17-20H2,1-5H3,(H5-,34,35,36,37,40,41,43,44)/p+1/t24-,25-,26-,29-,39?/m0/s1. The molecular weight excluding hydrogens is 592 g/mol. The maximum absolute atomic E-state index is 14.2. The van der Waals surface area contributed by atoms with Gasteiger partial charge in [0, 0.05) is 32.6 Å². The Bertz CT molecular complexity index is 1390. The van der Waals surface area contributed by atoms with Gasteiger partial charge < -0.3 is 36.8 Å². The number of benzene rings is 2. The molecule has 2 aromatic carbocycles. The lowest BCUT2D eigenvalue weighted by Crippen LogP contribution is -2.72. The van der Waals surface area contributed by atoms with Crippen molar-refractivity contribution in [1.29, 1.82) is 0 Å². The highest BCUT2D eigenvalue weighted by Crippen LogP contribution is 2.38. The summed E-state index contributed by atoms with van der Waals surface area (Å²) in [4.78, 5) is 67.0. The number of hydrogen-bond acceptors (Lipinski definition) is 8. The molecule has 2 aromatic rings. The zero-order valence-electron chi connectivity index (χ0n) is 27.2. The smallest absolute Gasteiger partial charge is 0.345 e. The Morgan fingerprint density at radius 2 is 1.63 bits per heavy atom. The first-order valence-electron chi connectivity index (χ1n) is 15.3. The van der Waals surface area contributed by atoms with Crippen molar-refractivity contribution in [3.8, 4) is 5.75 Å². The highest BCUT2D eigenvalue weighted by Gasteiger charge is 2.60. The lowest BCUT2D eigenvalue weighted by molar-refractivity contribution is -0.904. The molecule has 5 amide bonds. The predicted octanol–water partition coefficient (Wildman–Crippen LogP) is 0.370. The molecule has 0 bridgehead atoms. The molecule has 1 heterocycles.